The van der Waals surface area contributed by atoms with E-state index in [1.807, 2.05) is 49.8 Å². The molecule has 2 N–H and O–H groups in total. The molecule has 27 heavy (non-hydrogen) atoms. The van der Waals surface area contributed by atoms with Gasteiger partial charge in [0.1, 0.15) is 0 Å². The number of benzene rings is 1. The van der Waals surface area contributed by atoms with Gasteiger partial charge in [0.25, 0.3) is 0 Å². The van der Waals surface area contributed by atoms with Crippen molar-refractivity contribution in [2.45, 2.75) is 18.8 Å². The van der Waals surface area contributed by atoms with E-state index in [4.69, 9.17) is 4.74 Å². The molecule has 1 aromatic heterocycles. The Labute approximate surface area is 159 Å². The van der Waals surface area contributed by atoms with E-state index < -0.39 is 5.92 Å². The predicted molar refractivity (Wildman–Crippen MR) is 101 cm³/mol. The molecule has 1 aliphatic heterocycles. The summed E-state index contributed by atoms with van der Waals surface area (Å²) in [6, 6.07) is 9.41. The largest absolute Gasteiger partial charge is 0.465 e. The van der Waals surface area contributed by atoms with Crippen molar-refractivity contribution in [1.29, 1.82) is 0 Å². The highest BCUT2D eigenvalue weighted by Gasteiger charge is 2.35. The van der Waals surface area contributed by atoms with Crippen molar-refractivity contribution in [2.24, 2.45) is 13.0 Å². The minimum Gasteiger partial charge on any atom is -0.465 e. The fourth-order valence-corrected chi connectivity index (χ4v) is 3.54. The lowest BCUT2D eigenvalue weighted by atomic mass is 9.90. The Morgan fingerprint density at radius 1 is 1.33 bits per heavy atom. The van der Waals surface area contributed by atoms with Crippen LogP contribution in [0, 0.1) is 5.92 Å². The van der Waals surface area contributed by atoms with E-state index in [-0.39, 0.29) is 30.3 Å². The van der Waals surface area contributed by atoms with Gasteiger partial charge in [-0.15, -0.1) is 0 Å². The molecule has 2 aromatic rings. The van der Waals surface area contributed by atoms with Crippen LogP contribution in [-0.2, 0) is 21.4 Å². The van der Waals surface area contributed by atoms with Crippen molar-refractivity contribution in [3.63, 3.8) is 0 Å². The quantitative estimate of drug-likeness (QED) is 0.715. The standard InChI is InChI=1S/C20H26N4O3/c1-3-27-20(26)17(14-7-5-4-6-8-14)12-22-19(25)18-11-21-10-16(18)15-9-23-24(2)13-15/h4-9,13,16-18,21H,3,10-12H2,1-2H3,(H,22,25)/t16-,17?,18+/m1/s1. The van der Waals surface area contributed by atoms with Gasteiger partial charge in [0.15, 0.2) is 0 Å². The smallest absolute Gasteiger partial charge is 0.315 e. The number of rotatable bonds is 7. The number of amides is 1. The van der Waals surface area contributed by atoms with Gasteiger partial charge in [-0.1, -0.05) is 30.3 Å². The Morgan fingerprint density at radius 3 is 2.78 bits per heavy atom. The third-order valence-electron chi connectivity index (χ3n) is 4.96. The second-order valence-corrected chi connectivity index (χ2v) is 6.78. The van der Waals surface area contributed by atoms with Gasteiger partial charge in [0, 0.05) is 38.8 Å². The molecule has 0 spiro atoms. The zero-order chi connectivity index (χ0) is 19.2. The lowest BCUT2D eigenvalue weighted by molar-refractivity contribution is -0.144. The molecule has 0 aliphatic carbocycles. The number of carbonyl (C=O) groups is 2. The number of nitrogens with zero attached hydrogens (tertiary/aromatic N) is 2. The first kappa shape index (κ1) is 19.1. The van der Waals surface area contributed by atoms with Crippen molar-refractivity contribution < 1.29 is 14.3 Å². The molecule has 1 aromatic carbocycles. The first-order chi connectivity index (χ1) is 13.1. The van der Waals surface area contributed by atoms with Crippen LogP contribution in [0.5, 0.6) is 0 Å². The molecule has 2 heterocycles. The number of ether oxygens (including phenoxy) is 1. The third kappa shape index (κ3) is 4.54. The number of esters is 1. The lowest BCUT2D eigenvalue weighted by Crippen LogP contribution is -2.38. The van der Waals surface area contributed by atoms with Crippen molar-refractivity contribution in [1.82, 2.24) is 20.4 Å². The Bertz CT molecular complexity index is 775. The first-order valence-electron chi connectivity index (χ1n) is 9.28. The average molecular weight is 370 g/mol. The molecule has 3 atom stereocenters. The molecule has 7 nitrogen and oxygen atoms in total. The molecule has 1 saturated heterocycles. The summed E-state index contributed by atoms with van der Waals surface area (Å²) < 4.78 is 6.94. The maximum Gasteiger partial charge on any atom is 0.315 e. The monoisotopic (exact) mass is 370 g/mol. The molecule has 1 unspecified atom stereocenters. The van der Waals surface area contributed by atoms with Crippen LogP contribution in [-0.4, -0.2) is 47.9 Å². The summed E-state index contributed by atoms with van der Waals surface area (Å²) in [4.78, 5) is 25.2. The molecule has 1 amide bonds. The van der Waals surface area contributed by atoms with E-state index in [2.05, 4.69) is 15.7 Å². The van der Waals surface area contributed by atoms with Crippen molar-refractivity contribution in [2.75, 3.05) is 26.2 Å². The van der Waals surface area contributed by atoms with Gasteiger partial charge in [0.05, 0.1) is 24.6 Å². The second-order valence-electron chi connectivity index (χ2n) is 6.78. The Morgan fingerprint density at radius 2 is 2.11 bits per heavy atom. The predicted octanol–water partition coefficient (Wildman–Crippen LogP) is 1.19. The van der Waals surface area contributed by atoms with Crippen molar-refractivity contribution in [3.05, 3.63) is 53.9 Å². The van der Waals surface area contributed by atoms with Crippen LogP contribution in [0.3, 0.4) is 0 Å². The number of carbonyl (C=O) groups excluding carboxylic acids is 2. The summed E-state index contributed by atoms with van der Waals surface area (Å²) >= 11 is 0. The van der Waals surface area contributed by atoms with Crippen molar-refractivity contribution >= 4 is 11.9 Å². The molecule has 7 heteroatoms. The molecule has 1 aliphatic rings. The van der Waals surface area contributed by atoms with E-state index in [1.165, 1.54) is 0 Å². The summed E-state index contributed by atoms with van der Waals surface area (Å²) in [5.74, 6) is -0.998. The molecular formula is C20H26N4O3. The summed E-state index contributed by atoms with van der Waals surface area (Å²) in [6.07, 6.45) is 3.76. The van der Waals surface area contributed by atoms with Gasteiger partial charge in [-0.3, -0.25) is 14.3 Å². The van der Waals surface area contributed by atoms with E-state index in [1.54, 1.807) is 11.6 Å². The van der Waals surface area contributed by atoms with Crippen LogP contribution in [0.25, 0.3) is 0 Å². The molecule has 144 valence electrons. The normalized spacial score (nSPS) is 20.2. The van der Waals surface area contributed by atoms with Crippen LogP contribution in [0.4, 0.5) is 0 Å². The highest BCUT2D eigenvalue weighted by molar-refractivity contribution is 5.83. The number of hydrogen-bond donors (Lipinski definition) is 2. The second kappa shape index (κ2) is 8.81. The molecular weight excluding hydrogens is 344 g/mol. The zero-order valence-electron chi connectivity index (χ0n) is 15.7. The minimum atomic E-state index is -0.513. The maximum atomic E-state index is 12.8. The average Bonchev–Trinajstić information content (AvgIpc) is 3.31. The number of nitrogens with one attached hydrogen (secondary N) is 2. The van der Waals surface area contributed by atoms with E-state index >= 15 is 0 Å². The van der Waals surface area contributed by atoms with Crippen LogP contribution >= 0.6 is 0 Å². The molecule has 3 rings (SSSR count). The summed E-state index contributed by atoms with van der Waals surface area (Å²) in [5.41, 5.74) is 1.89. The van der Waals surface area contributed by atoms with Crippen LogP contribution < -0.4 is 10.6 Å². The third-order valence-corrected chi connectivity index (χ3v) is 4.96. The van der Waals surface area contributed by atoms with Gasteiger partial charge >= 0.3 is 5.97 Å². The van der Waals surface area contributed by atoms with Gasteiger partial charge in [-0.05, 0) is 18.1 Å². The molecule has 1 fully saturated rings. The van der Waals surface area contributed by atoms with Crippen LogP contribution in [0.1, 0.15) is 29.9 Å². The summed E-state index contributed by atoms with van der Waals surface area (Å²) in [7, 11) is 1.87. The minimum absolute atomic E-state index is 0.0564. The van der Waals surface area contributed by atoms with Crippen molar-refractivity contribution in [3.8, 4) is 0 Å². The van der Waals surface area contributed by atoms with Gasteiger partial charge < -0.3 is 15.4 Å². The van der Waals surface area contributed by atoms with Gasteiger partial charge in [-0.25, -0.2) is 0 Å². The van der Waals surface area contributed by atoms with E-state index in [9.17, 15) is 9.59 Å². The van der Waals surface area contributed by atoms with Crippen LogP contribution in [0.15, 0.2) is 42.7 Å². The fourth-order valence-electron chi connectivity index (χ4n) is 3.54. The first-order valence-corrected chi connectivity index (χ1v) is 9.28. The zero-order valence-corrected chi connectivity index (χ0v) is 15.7. The summed E-state index contributed by atoms with van der Waals surface area (Å²) in [6.45, 7) is 3.66. The topological polar surface area (TPSA) is 85.2 Å². The molecule has 0 radical (unpaired) electrons. The number of aryl methyl sites for hydroxylation is 1. The van der Waals surface area contributed by atoms with Gasteiger partial charge in [0.2, 0.25) is 5.91 Å². The Kier molecular flexibility index (Phi) is 6.24. The molecule has 0 bridgehead atoms. The highest BCUT2D eigenvalue weighted by atomic mass is 16.5. The van der Waals surface area contributed by atoms with Crippen LogP contribution in [0.2, 0.25) is 0 Å². The lowest BCUT2D eigenvalue weighted by Gasteiger charge is -2.20. The SMILES string of the molecule is CCOC(=O)C(CNC(=O)[C@H]1CNC[C@@H]1c1cnn(C)c1)c1ccccc1. The van der Waals surface area contributed by atoms with E-state index in [0.29, 0.717) is 13.2 Å². The maximum absolute atomic E-state index is 12.8. The van der Waals surface area contributed by atoms with E-state index in [0.717, 1.165) is 17.7 Å². The van der Waals surface area contributed by atoms with Gasteiger partial charge in [-0.2, -0.15) is 5.10 Å². The number of aromatic nitrogens is 2. The Hall–Kier alpha value is -2.67. The molecule has 0 saturated carbocycles. The fraction of sp³-hybridized carbons (Fsp3) is 0.450. The Balaban J connectivity index is 1.67. The summed E-state index contributed by atoms with van der Waals surface area (Å²) in [5, 5.41) is 10.5. The number of hydrogen-bond acceptors (Lipinski definition) is 5. The highest BCUT2D eigenvalue weighted by Crippen LogP contribution is 2.28.